The Bertz CT molecular complexity index is 593. The van der Waals surface area contributed by atoms with Crippen molar-refractivity contribution >= 4 is 22.2 Å². The Morgan fingerprint density at radius 3 is 2.53 bits per heavy atom. The quantitative estimate of drug-likeness (QED) is 0.875. The van der Waals surface area contributed by atoms with E-state index in [1.807, 2.05) is 0 Å². The van der Waals surface area contributed by atoms with E-state index in [2.05, 4.69) is 49.3 Å². The fourth-order valence-electron chi connectivity index (χ4n) is 1.59. The minimum absolute atomic E-state index is 0.619. The van der Waals surface area contributed by atoms with Gasteiger partial charge in [-0.25, -0.2) is 4.98 Å². The van der Waals surface area contributed by atoms with Crippen molar-refractivity contribution in [3.05, 3.63) is 39.9 Å². The van der Waals surface area contributed by atoms with Gasteiger partial charge in [-0.1, -0.05) is 17.4 Å². The number of nitriles is 1. The molecule has 2 aromatic rings. The van der Waals surface area contributed by atoms with Crippen LogP contribution in [0.2, 0.25) is 0 Å². The van der Waals surface area contributed by atoms with Crippen LogP contribution in [0.3, 0.4) is 0 Å². The molecule has 0 saturated carbocycles. The first-order chi connectivity index (χ1) is 8.10. The summed E-state index contributed by atoms with van der Waals surface area (Å²) in [5.74, 6) is 0. The van der Waals surface area contributed by atoms with Gasteiger partial charge in [0.2, 0.25) is 0 Å². The van der Waals surface area contributed by atoms with Crippen LogP contribution in [0.1, 0.15) is 21.6 Å². The second-order valence-corrected chi connectivity index (χ2v) is 5.05. The lowest BCUT2D eigenvalue weighted by Crippen LogP contribution is -1.94. The highest BCUT2D eigenvalue weighted by atomic mass is 32.1. The molecule has 1 aromatic heterocycles. The van der Waals surface area contributed by atoms with Gasteiger partial charge < -0.3 is 5.32 Å². The van der Waals surface area contributed by atoms with Crippen LogP contribution in [0.5, 0.6) is 0 Å². The fraction of sp³-hybridized carbons (Fsp3) is 0.231. The van der Waals surface area contributed by atoms with Crippen molar-refractivity contribution in [1.82, 2.24) is 4.98 Å². The molecule has 4 heteroatoms. The van der Waals surface area contributed by atoms with E-state index in [1.54, 1.807) is 6.20 Å². The minimum atomic E-state index is 0.619. The highest BCUT2D eigenvalue weighted by molar-refractivity contribution is 7.16. The summed E-state index contributed by atoms with van der Waals surface area (Å²) in [6.07, 6.45) is 1.59. The molecular weight excluding hydrogens is 230 g/mol. The van der Waals surface area contributed by atoms with E-state index in [9.17, 15) is 0 Å². The van der Waals surface area contributed by atoms with E-state index in [0.717, 1.165) is 10.8 Å². The number of benzene rings is 1. The lowest BCUT2D eigenvalue weighted by molar-refractivity contribution is 1.28. The molecule has 0 amide bonds. The number of nitrogens with one attached hydrogen (secondary N) is 1. The van der Waals surface area contributed by atoms with E-state index in [1.165, 1.54) is 28.0 Å². The van der Waals surface area contributed by atoms with Crippen molar-refractivity contribution in [2.24, 2.45) is 0 Å². The van der Waals surface area contributed by atoms with Crippen molar-refractivity contribution < 1.29 is 0 Å². The van der Waals surface area contributed by atoms with Crippen LogP contribution < -0.4 is 5.32 Å². The lowest BCUT2D eigenvalue weighted by atomic mass is 10.1. The summed E-state index contributed by atoms with van der Waals surface area (Å²) in [6, 6.07) is 6.34. The lowest BCUT2D eigenvalue weighted by Gasteiger charge is -2.10. The van der Waals surface area contributed by atoms with Gasteiger partial charge in [0, 0.05) is 5.69 Å². The van der Waals surface area contributed by atoms with Crippen molar-refractivity contribution in [3.63, 3.8) is 0 Å². The second kappa shape index (κ2) is 4.56. The molecule has 0 aliphatic carbocycles. The molecule has 0 atom stereocenters. The molecule has 3 nitrogen and oxygen atoms in total. The first-order valence-electron chi connectivity index (χ1n) is 5.31. The molecule has 0 aliphatic heterocycles. The summed E-state index contributed by atoms with van der Waals surface area (Å²) in [5, 5.41) is 12.8. The zero-order chi connectivity index (χ0) is 12.4. The number of hydrogen-bond donors (Lipinski definition) is 1. The van der Waals surface area contributed by atoms with Crippen LogP contribution >= 0.6 is 11.3 Å². The third-order valence-electron chi connectivity index (χ3n) is 2.70. The van der Waals surface area contributed by atoms with Crippen LogP contribution in [0.4, 0.5) is 10.8 Å². The smallest absolute Gasteiger partial charge is 0.188 e. The van der Waals surface area contributed by atoms with Gasteiger partial charge in [-0.15, -0.1) is 0 Å². The molecule has 0 aliphatic rings. The zero-order valence-electron chi connectivity index (χ0n) is 10.0. The number of nitrogens with zero attached hydrogens (tertiary/aromatic N) is 2. The molecule has 0 radical (unpaired) electrons. The largest absolute Gasteiger partial charge is 0.331 e. The summed E-state index contributed by atoms with van der Waals surface area (Å²) in [6.45, 7) is 6.25. The monoisotopic (exact) mass is 243 g/mol. The van der Waals surface area contributed by atoms with E-state index >= 15 is 0 Å². The predicted molar refractivity (Wildman–Crippen MR) is 70.8 cm³/mol. The third kappa shape index (κ3) is 2.45. The Kier molecular flexibility index (Phi) is 3.12. The summed E-state index contributed by atoms with van der Waals surface area (Å²) in [4.78, 5) is 4.78. The number of aryl methyl sites for hydroxylation is 3. The highest BCUT2D eigenvalue weighted by Gasteiger charge is 2.05. The van der Waals surface area contributed by atoms with Crippen LogP contribution in [0.15, 0.2) is 18.3 Å². The summed E-state index contributed by atoms with van der Waals surface area (Å²) in [7, 11) is 0. The van der Waals surface area contributed by atoms with E-state index in [0.29, 0.717) is 4.88 Å². The summed E-state index contributed by atoms with van der Waals surface area (Å²) in [5.41, 5.74) is 4.76. The maximum atomic E-state index is 8.74. The molecule has 0 bridgehead atoms. The molecule has 1 N–H and O–H groups in total. The molecule has 17 heavy (non-hydrogen) atoms. The minimum Gasteiger partial charge on any atom is -0.331 e. The Morgan fingerprint density at radius 2 is 1.88 bits per heavy atom. The first-order valence-corrected chi connectivity index (χ1v) is 6.12. The third-order valence-corrected chi connectivity index (χ3v) is 3.52. The van der Waals surface area contributed by atoms with E-state index in [4.69, 9.17) is 5.26 Å². The van der Waals surface area contributed by atoms with Crippen LogP contribution in [0, 0.1) is 32.1 Å². The molecular formula is C13H13N3S. The number of rotatable bonds is 2. The topological polar surface area (TPSA) is 48.7 Å². The van der Waals surface area contributed by atoms with Gasteiger partial charge in [0.1, 0.15) is 10.9 Å². The molecule has 2 rings (SSSR count). The van der Waals surface area contributed by atoms with Gasteiger partial charge >= 0.3 is 0 Å². The number of aromatic nitrogens is 1. The van der Waals surface area contributed by atoms with E-state index < -0.39 is 0 Å². The standard InChI is InChI=1S/C13H13N3S/c1-8-4-10(3)12(5-9(8)2)16-13-15-7-11(6-14)17-13/h4-5,7H,1-3H3,(H,15,16). The normalized spacial score (nSPS) is 10.0. The molecule has 1 heterocycles. The SMILES string of the molecule is Cc1cc(C)c(Nc2ncc(C#N)s2)cc1C. The number of anilines is 2. The number of hydrogen-bond acceptors (Lipinski definition) is 4. The maximum absolute atomic E-state index is 8.74. The Labute approximate surface area is 105 Å². The van der Waals surface area contributed by atoms with Crippen LogP contribution in [0.25, 0.3) is 0 Å². The van der Waals surface area contributed by atoms with Gasteiger partial charge in [0.25, 0.3) is 0 Å². The highest BCUT2D eigenvalue weighted by Crippen LogP contribution is 2.26. The van der Waals surface area contributed by atoms with Gasteiger partial charge in [-0.05, 0) is 43.5 Å². The molecule has 1 aromatic carbocycles. The average Bonchev–Trinajstić information content (AvgIpc) is 2.73. The summed E-state index contributed by atoms with van der Waals surface area (Å²) >= 11 is 1.36. The molecule has 0 unspecified atom stereocenters. The van der Waals surface area contributed by atoms with Crippen molar-refractivity contribution in [3.8, 4) is 6.07 Å². The molecule has 0 saturated heterocycles. The van der Waals surface area contributed by atoms with Gasteiger partial charge in [-0.2, -0.15) is 5.26 Å². The Balaban J connectivity index is 2.30. The predicted octanol–water partition coefficient (Wildman–Crippen LogP) is 3.68. The van der Waals surface area contributed by atoms with Gasteiger partial charge in [0.05, 0.1) is 6.20 Å². The number of thiazole rings is 1. The Hall–Kier alpha value is -1.86. The van der Waals surface area contributed by atoms with Crippen molar-refractivity contribution in [1.29, 1.82) is 5.26 Å². The van der Waals surface area contributed by atoms with Crippen LogP contribution in [-0.4, -0.2) is 4.98 Å². The molecule has 0 spiro atoms. The van der Waals surface area contributed by atoms with E-state index in [-0.39, 0.29) is 0 Å². The second-order valence-electron chi connectivity index (χ2n) is 4.02. The van der Waals surface area contributed by atoms with Gasteiger partial charge in [0.15, 0.2) is 5.13 Å². The van der Waals surface area contributed by atoms with Crippen molar-refractivity contribution in [2.75, 3.05) is 5.32 Å². The average molecular weight is 243 g/mol. The van der Waals surface area contributed by atoms with Crippen LogP contribution in [-0.2, 0) is 0 Å². The fourth-order valence-corrected chi connectivity index (χ4v) is 2.22. The summed E-state index contributed by atoms with van der Waals surface area (Å²) < 4.78 is 0. The molecule has 86 valence electrons. The Morgan fingerprint density at radius 1 is 1.18 bits per heavy atom. The maximum Gasteiger partial charge on any atom is 0.188 e. The zero-order valence-corrected chi connectivity index (χ0v) is 10.9. The van der Waals surface area contributed by atoms with Crippen molar-refractivity contribution in [2.45, 2.75) is 20.8 Å². The van der Waals surface area contributed by atoms with Gasteiger partial charge in [-0.3, -0.25) is 0 Å². The molecule has 0 fully saturated rings. The first kappa shape index (κ1) is 11.6.